The number of ether oxygens (including phenoxy) is 1. The van der Waals surface area contributed by atoms with Crippen molar-refractivity contribution in [2.24, 2.45) is 0 Å². The van der Waals surface area contributed by atoms with Crippen LogP contribution in [0.5, 0.6) is 5.75 Å². The summed E-state index contributed by atoms with van der Waals surface area (Å²) >= 11 is 0. The van der Waals surface area contributed by atoms with Crippen molar-refractivity contribution in [2.45, 2.75) is 38.7 Å². The van der Waals surface area contributed by atoms with Crippen LogP contribution in [0, 0.1) is 13.8 Å². The molecule has 0 spiro atoms. The van der Waals surface area contributed by atoms with E-state index in [4.69, 9.17) is 4.74 Å². The van der Waals surface area contributed by atoms with Gasteiger partial charge in [0.2, 0.25) is 11.7 Å². The third-order valence-corrected chi connectivity index (χ3v) is 4.61. The Morgan fingerprint density at radius 1 is 1.36 bits per heavy atom. The Labute approximate surface area is 146 Å². The lowest BCUT2D eigenvalue weighted by molar-refractivity contribution is -0.136. The smallest absolute Gasteiger partial charge is 0.226 e. The number of tetrazole rings is 1. The van der Waals surface area contributed by atoms with E-state index in [1.165, 1.54) is 5.56 Å². The summed E-state index contributed by atoms with van der Waals surface area (Å²) in [6.07, 6.45) is 1.11. The fourth-order valence-electron chi connectivity index (χ4n) is 3.08. The van der Waals surface area contributed by atoms with Gasteiger partial charge in [-0.3, -0.25) is 4.79 Å². The first kappa shape index (κ1) is 17.3. The summed E-state index contributed by atoms with van der Waals surface area (Å²) in [6.45, 7) is 5.30. The molecule has 2 N–H and O–H groups in total. The van der Waals surface area contributed by atoms with E-state index in [2.05, 4.69) is 26.7 Å². The molecule has 8 heteroatoms. The van der Waals surface area contributed by atoms with E-state index in [-0.39, 0.29) is 11.7 Å². The highest BCUT2D eigenvalue weighted by atomic mass is 16.5. The lowest BCUT2D eigenvalue weighted by atomic mass is 9.90. The van der Waals surface area contributed by atoms with E-state index in [0.717, 1.165) is 11.3 Å². The summed E-state index contributed by atoms with van der Waals surface area (Å²) in [5.74, 6) is 1.13. The number of aliphatic hydroxyl groups is 1. The largest absolute Gasteiger partial charge is 0.493 e. The van der Waals surface area contributed by atoms with Crippen molar-refractivity contribution in [3.8, 4) is 5.75 Å². The highest BCUT2D eigenvalue weighted by molar-refractivity contribution is 5.76. The summed E-state index contributed by atoms with van der Waals surface area (Å²) in [7, 11) is 0. The summed E-state index contributed by atoms with van der Waals surface area (Å²) in [6, 6.07) is 5.98. The molecule has 0 radical (unpaired) electrons. The van der Waals surface area contributed by atoms with Crippen LogP contribution in [0.2, 0.25) is 0 Å². The number of nitrogens with one attached hydrogen (secondary N) is 1. The van der Waals surface area contributed by atoms with E-state index in [1.54, 1.807) is 4.90 Å². The number of piperidine rings is 1. The van der Waals surface area contributed by atoms with Gasteiger partial charge in [0.1, 0.15) is 11.4 Å². The maximum Gasteiger partial charge on any atom is 0.226 e. The highest BCUT2D eigenvalue weighted by Gasteiger charge is 2.38. The Morgan fingerprint density at radius 2 is 2.12 bits per heavy atom. The van der Waals surface area contributed by atoms with Gasteiger partial charge in [-0.15, -0.1) is 10.2 Å². The number of nitrogens with zero attached hydrogens (tertiary/aromatic N) is 4. The number of carbonyl (C=O) groups is 1. The maximum absolute atomic E-state index is 12.3. The highest BCUT2D eigenvalue weighted by Crippen LogP contribution is 2.30. The number of H-pyrrole nitrogens is 1. The zero-order valence-corrected chi connectivity index (χ0v) is 14.5. The van der Waals surface area contributed by atoms with Crippen LogP contribution in [-0.4, -0.2) is 56.2 Å². The molecule has 0 saturated carbocycles. The monoisotopic (exact) mass is 345 g/mol. The van der Waals surface area contributed by atoms with Gasteiger partial charge in [-0.25, -0.2) is 0 Å². The Bertz CT molecular complexity index is 724. The molecule has 0 aliphatic carbocycles. The van der Waals surface area contributed by atoms with Gasteiger partial charge in [0, 0.05) is 25.9 Å². The number of hydrogen-bond donors (Lipinski definition) is 2. The summed E-state index contributed by atoms with van der Waals surface area (Å²) in [4.78, 5) is 14.1. The van der Waals surface area contributed by atoms with Gasteiger partial charge in [0.15, 0.2) is 0 Å². The quantitative estimate of drug-likeness (QED) is 0.841. The Kier molecular flexibility index (Phi) is 4.98. The number of rotatable bonds is 5. The zero-order valence-electron chi connectivity index (χ0n) is 14.5. The van der Waals surface area contributed by atoms with Crippen LogP contribution in [0.4, 0.5) is 0 Å². The summed E-state index contributed by atoms with van der Waals surface area (Å²) < 4.78 is 5.72. The SMILES string of the molecule is Cc1ccc(OCCC(=O)N2CCC(O)(c3nn[nH]n3)CC2)c(C)c1. The lowest BCUT2D eigenvalue weighted by Crippen LogP contribution is -2.46. The van der Waals surface area contributed by atoms with Crippen molar-refractivity contribution in [1.29, 1.82) is 0 Å². The predicted octanol–water partition coefficient (Wildman–Crippen LogP) is 1.10. The zero-order chi connectivity index (χ0) is 17.9. The van der Waals surface area contributed by atoms with Gasteiger partial charge in [-0.05, 0) is 25.5 Å². The number of hydrogen-bond acceptors (Lipinski definition) is 6. The van der Waals surface area contributed by atoms with Gasteiger partial charge in [-0.2, -0.15) is 5.21 Å². The summed E-state index contributed by atoms with van der Waals surface area (Å²) in [5, 5.41) is 24.1. The molecule has 1 amide bonds. The second-order valence-electron chi connectivity index (χ2n) is 6.52. The molecule has 1 saturated heterocycles. The van der Waals surface area contributed by atoms with Crippen molar-refractivity contribution in [3.05, 3.63) is 35.2 Å². The minimum atomic E-state index is -1.11. The fourth-order valence-corrected chi connectivity index (χ4v) is 3.08. The van der Waals surface area contributed by atoms with Crippen LogP contribution >= 0.6 is 0 Å². The maximum atomic E-state index is 12.3. The first-order valence-corrected chi connectivity index (χ1v) is 8.42. The Morgan fingerprint density at radius 3 is 2.76 bits per heavy atom. The average molecular weight is 345 g/mol. The molecule has 8 nitrogen and oxygen atoms in total. The normalized spacial score (nSPS) is 16.7. The molecule has 0 atom stereocenters. The van der Waals surface area contributed by atoms with Crippen LogP contribution in [0.15, 0.2) is 18.2 Å². The van der Waals surface area contributed by atoms with Gasteiger partial charge < -0.3 is 14.7 Å². The number of amides is 1. The van der Waals surface area contributed by atoms with Crippen molar-refractivity contribution >= 4 is 5.91 Å². The number of carbonyl (C=O) groups excluding carboxylic acids is 1. The topological polar surface area (TPSA) is 104 Å². The standard InChI is InChI=1S/C17H23N5O3/c1-12-3-4-14(13(2)11-12)25-10-5-15(23)22-8-6-17(24,7-9-22)16-18-20-21-19-16/h3-4,11,24H,5-10H2,1-2H3,(H,18,19,20,21). The number of aromatic amines is 1. The first-order valence-electron chi connectivity index (χ1n) is 8.42. The molecule has 1 aromatic carbocycles. The number of likely N-dealkylation sites (tertiary alicyclic amines) is 1. The number of aromatic nitrogens is 4. The Balaban J connectivity index is 1.47. The number of aryl methyl sites for hydroxylation is 2. The van der Waals surface area contributed by atoms with E-state index >= 15 is 0 Å². The molecule has 2 aromatic rings. The molecular formula is C17H23N5O3. The van der Waals surface area contributed by atoms with Gasteiger partial charge in [0.25, 0.3) is 0 Å². The third-order valence-electron chi connectivity index (χ3n) is 4.61. The molecule has 3 rings (SSSR count). The van der Waals surface area contributed by atoms with E-state index < -0.39 is 5.60 Å². The second-order valence-corrected chi connectivity index (χ2v) is 6.52. The average Bonchev–Trinajstić information content (AvgIpc) is 3.13. The minimum absolute atomic E-state index is 0.0277. The van der Waals surface area contributed by atoms with Gasteiger partial charge in [0.05, 0.1) is 13.0 Å². The number of benzene rings is 1. The van der Waals surface area contributed by atoms with Crippen molar-refractivity contribution in [2.75, 3.05) is 19.7 Å². The molecular weight excluding hydrogens is 322 g/mol. The van der Waals surface area contributed by atoms with E-state index in [9.17, 15) is 9.90 Å². The lowest BCUT2D eigenvalue weighted by Gasteiger charge is -2.36. The molecule has 1 aliphatic heterocycles. The van der Waals surface area contributed by atoms with Crippen LogP contribution < -0.4 is 4.74 Å². The predicted molar refractivity (Wildman–Crippen MR) is 89.9 cm³/mol. The minimum Gasteiger partial charge on any atom is -0.493 e. The van der Waals surface area contributed by atoms with E-state index in [1.807, 2.05) is 26.0 Å². The van der Waals surface area contributed by atoms with Crippen LogP contribution in [0.1, 0.15) is 36.2 Å². The molecule has 25 heavy (non-hydrogen) atoms. The van der Waals surface area contributed by atoms with Crippen LogP contribution in [0.3, 0.4) is 0 Å². The fraction of sp³-hybridized carbons (Fsp3) is 0.529. The molecule has 0 bridgehead atoms. The van der Waals surface area contributed by atoms with Crippen LogP contribution in [-0.2, 0) is 10.4 Å². The third kappa shape index (κ3) is 3.96. The van der Waals surface area contributed by atoms with Gasteiger partial charge >= 0.3 is 0 Å². The molecule has 134 valence electrons. The molecule has 1 fully saturated rings. The summed E-state index contributed by atoms with van der Waals surface area (Å²) in [5.41, 5.74) is 1.14. The van der Waals surface area contributed by atoms with Crippen molar-refractivity contribution in [3.63, 3.8) is 0 Å². The van der Waals surface area contributed by atoms with E-state index in [0.29, 0.717) is 39.0 Å². The molecule has 0 unspecified atom stereocenters. The Hall–Kier alpha value is -2.48. The molecule has 1 aliphatic rings. The second kappa shape index (κ2) is 7.18. The van der Waals surface area contributed by atoms with Crippen LogP contribution in [0.25, 0.3) is 0 Å². The molecule has 1 aromatic heterocycles. The van der Waals surface area contributed by atoms with Gasteiger partial charge in [-0.1, -0.05) is 22.9 Å². The first-order chi connectivity index (χ1) is 12.0. The van der Waals surface area contributed by atoms with Crippen molar-refractivity contribution in [1.82, 2.24) is 25.5 Å². The van der Waals surface area contributed by atoms with Crippen molar-refractivity contribution < 1.29 is 14.6 Å². The molecule has 2 heterocycles.